The van der Waals surface area contributed by atoms with Crippen LogP contribution in [0.4, 0.5) is 0 Å². The zero-order chi connectivity index (χ0) is 38.4. The Bertz CT molecular complexity index is 967. The molecular weight excluding hydrogens is 683 g/mol. The number of allylic oxidation sites excluding steroid dienone is 6. The fourth-order valence-corrected chi connectivity index (χ4v) is 6.21. The maximum absolute atomic E-state index is 12.6. The second-order valence-corrected chi connectivity index (χ2v) is 15.1. The minimum Gasteiger partial charge on any atom is -0.462 e. The van der Waals surface area contributed by atoms with E-state index in [2.05, 4.69) is 54.8 Å². The van der Waals surface area contributed by atoms with Gasteiger partial charge in [-0.05, 0) is 44.9 Å². The van der Waals surface area contributed by atoms with Crippen molar-refractivity contribution in [2.75, 3.05) is 26.4 Å². The van der Waals surface area contributed by atoms with Crippen molar-refractivity contribution in [3.8, 4) is 0 Å². The molecule has 0 aliphatic carbocycles. The number of hydrogen-bond donors (Lipinski definition) is 3. The first kappa shape index (κ1) is 50.2. The molecule has 0 heterocycles. The highest BCUT2D eigenvalue weighted by molar-refractivity contribution is 7.47. The third-order valence-corrected chi connectivity index (χ3v) is 9.51. The summed E-state index contributed by atoms with van der Waals surface area (Å²) in [6.07, 6.45) is 36.8. The van der Waals surface area contributed by atoms with Crippen molar-refractivity contribution in [2.45, 2.75) is 187 Å². The topological polar surface area (TPSA) is 149 Å². The molecule has 0 fully saturated rings. The van der Waals surface area contributed by atoms with Crippen molar-refractivity contribution in [3.63, 3.8) is 0 Å². The first-order chi connectivity index (χ1) is 25.2. The molecule has 0 radical (unpaired) electrons. The van der Waals surface area contributed by atoms with Gasteiger partial charge in [0.05, 0.1) is 19.8 Å². The second kappa shape index (κ2) is 37.5. The van der Waals surface area contributed by atoms with Gasteiger partial charge in [-0.15, -0.1) is 0 Å². The maximum Gasteiger partial charge on any atom is 0.472 e. The molecule has 0 aromatic rings. The van der Waals surface area contributed by atoms with Gasteiger partial charge >= 0.3 is 19.8 Å². The molecule has 3 N–H and O–H groups in total. The summed E-state index contributed by atoms with van der Waals surface area (Å²) in [4.78, 5) is 34.9. The second-order valence-electron chi connectivity index (χ2n) is 13.6. The number of aliphatic hydroxyl groups is 2. The molecule has 0 bridgehead atoms. The average Bonchev–Trinajstić information content (AvgIpc) is 3.13. The van der Waals surface area contributed by atoms with Gasteiger partial charge in [0.25, 0.3) is 0 Å². The van der Waals surface area contributed by atoms with Crippen molar-refractivity contribution < 1.29 is 47.8 Å². The lowest BCUT2D eigenvalue weighted by Crippen LogP contribution is -2.29. The van der Waals surface area contributed by atoms with E-state index < -0.39 is 51.8 Å². The minimum atomic E-state index is -4.62. The van der Waals surface area contributed by atoms with Crippen LogP contribution in [0.15, 0.2) is 36.5 Å². The lowest BCUT2D eigenvalue weighted by atomic mass is 10.0. The highest BCUT2D eigenvalue weighted by atomic mass is 31.2. The fraction of sp³-hybridized carbons (Fsp3) is 0.805. The quantitative estimate of drug-likeness (QED) is 0.0240. The van der Waals surface area contributed by atoms with Gasteiger partial charge in [0.1, 0.15) is 12.7 Å². The normalized spacial score (nSPS) is 14.3. The standard InChI is InChI=1S/C41H75O10P/c1-3-5-7-9-11-13-15-17-19-21-23-25-27-29-31-33-41(45)51-39(37-50-52(46,47)49-35-38(43)34-42)36-48-40(44)32-30-28-26-24-22-20-18-16-14-12-10-8-6-4-2/h5,7,11,13,17,19,38-39,42-43H,3-4,6,8-10,12,14-16,18,20-37H2,1-2H3,(H,46,47)/b7-5-,13-11-,19-17-. The lowest BCUT2D eigenvalue weighted by molar-refractivity contribution is -0.161. The molecule has 3 unspecified atom stereocenters. The van der Waals surface area contributed by atoms with Gasteiger partial charge < -0.3 is 24.6 Å². The Labute approximate surface area is 316 Å². The summed E-state index contributed by atoms with van der Waals surface area (Å²) in [6, 6.07) is 0. The molecule has 0 aromatic heterocycles. The Morgan fingerprint density at radius 2 is 1.06 bits per heavy atom. The van der Waals surface area contributed by atoms with Gasteiger partial charge in [-0.2, -0.15) is 0 Å². The number of phosphoric acid groups is 1. The Balaban J connectivity index is 4.35. The van der Waals surface area contributed by atoms with Crippen LogP contribution in [0.3, 0.4) is 0 Å². The molecule has 0 saturated carbocycles. The summed E-state index contributed by atoms with van der Waals surface area (Å²) in [6.45, 7) is 2.25. The molecule has 304 valence electrons. The lowest BCUT2D eigenvalue weighted by Gasteiger charge is -2.20. The van der Waals surface area contributed by atoms with E-state index in [9.17, 15) is 24.2 Å². The SMILES string of the molecule is CC/C=C\C/C=C\C/C=C\CCCCCCCC(=O)OC(COC(=O)CCCCCCCCCCCCCCCC)COP(=O)(O)OCC(O)CO. The molecule has 0 aromatic carbocycles. The smallest absolute Gasteiger partial charge is 0.462 e. The monoisotopic (exact) mass is 759 g/mol. The Kier molecular flexibility index (Phi) is 36.2. The van der Waals surface area contributed by atoms with Crippen LogP contribution in [0.5, 0.6) is 0 Å². The highest BCUT2D eigenvalue weighted by Gasteiger charge is 2.27. The van der Waals surface area contributed by atoms with Crippen molar-refractivity contribution in [3.05, 3.63) is 36.5 Å². The van der Waals surface area contributed by atoms with Gasteiger partial charge in [-0.1, -0.05) is 153 Å². The first-order valence-electron chi connectivity index (χ1n) is 20.4. The van der Waals surface area contributed by atoms with E-state index in [4.69, 9.17) is 19.1 Å². The van der Waals surface area contributed by atoms with Crippen molar-refractivity contribution in [1.29, 1.82) is 0 Å². The van der Waals surface area contributed by atoms with Crippen molar-refractivity contribution in [1.82, 2.24) is 0 Å². The van der Waals surface area contributed by atoms with E-state index in [-0.39, 0.29) is 19.4 Å². The summed E-state index contributed by atoms with van der Waals surface area (Å²) < 4.78 is 32.6. The zero-order valence-electron chi connectivity index (χ0n) is 32.8. The summed E-state index contributed by atoms with van der Waals surface area (Å²) in [5.74, 6) is -0.942. The molecule has 0 saturated heterocycles. The summed E-state index contributed by atoms with van der Waals surface area (Å²) >= 11 is 0. The Hall–Kier alpha value is -1.81. The molecule has 10 nitrogen and oxygen atoms in total. The molecule has 0 amide bonds. The molecule has 52 heavy (non-hydrogen) atoms. The van der Waals surface area contributed by atoms with Gasteiger partial charge in [-0.25, -0.2) is 4.57 Å². The minimum absolute atomic E-state index is 0.166. The van der Waals surface area contributed by atoms with Gasteiger partial charge in [-0.3, -0.25) is 18.6 Å². The third-order valence-electron chi connectivity index (χ3n) is 8.56. The highest BCUT2D eigenvalue weighted by Crippen LogP contribution is 2.43. The van der Waals surface area contributed by atoms with Crippen molar-refractivity contribution >= 4 is 19.8 Å². The van der Waals surface area contributed by atoms with Crippen LogP contribution in [0.2, 0.25) is 0 Å². The van der Waals surface area contributed by atoms with Crippen LogP contribution >= 0.6 is 7.82 Å². The number of aliphatic hydroxyl groups excluding tert-OH is 2. The number of carbonyl (C=O) groups is 2. The number of hydrogen-bond acceptors (Lipinski definition) is 9. The molecule has 11 heteroatoms. The predicted octanol–water partition coefficient (Wildman–Crippen LogP) is 10.4. The summed E-state index contributed by atoms with van der Waals surface area (Å²) in [5, 5.41) is 18.3. The van der Waals surface area contributed by atoms with E-state index >= 15 is 0 Å². The molecular formula is C41H75O10P. The van der Waals surface area contributed by atoms with Crippen LogP contribution in [0.1, 0.15) is 174 Å². The van der Waals surface area contributed by atoms with Crippen LogP contribution in [-0.2, 0) is 32.7 Å². The maximum atomic E-state index is 12.6. The molecule has 3 atom stereocenters. The first-order valence-corrected chi connectivity index (χ1v) is 21.9. The van der Waals surface area contributed by atoms with Crippen LogP contribution in [0.25, 0.3) is 0 Å². The molecule has 0 aliphatic heterocycles. The third kappa shape index (κ3) is 36.5. The number of carbonyl (C=O) groups excluding carboxylic acids is 2. The van der Waals surface area contributed by atoms with Crippen LogP contribution in [-0.4, -0.2) is 65.7 Å². The summed E-state index contributed by atoms with van der Waals surface area (Å²) in [5.41, 5.74) is 0. The summed E-state index contributed by atoms with van der Waals surface area (Å²) in [7, 11) is -4.62. The Morgan fingerprint density at radius 1 is 0.596 bits per heavy atom. The van der Waals surface area contributed by atoms with Gasteiger partial charge in [0.15, 0.2) is 6.10 Å². The largest absolute Gasteiger partial charge is 0.472 e. The van der Waals surface area contributed by atoms with Gasteiger partial charge in [0.2, 0.25) is 0 Å². The van der Waals surface area contributed by atoms with E-state index in [0.717, 1.165) is 70.6 Å². The number of esters is 2. The number of rotatable bonds is 38. The van der Waals surface area contributed by atoms with E-state index in [1.54, 1.807) is 0 Å². The molecule has 0 spiro atoms. The number of ether oxygens (including phenoxy) is 2. The van der Waals surface area contributed by atoms with Gasteiger partial charge in [0, 0.05) is 12.8 Å². The fourth-order valence-electron chi connectivity index (χ4n) is 5.42. The van der Waals surface area contributed by atoms with Crippen molar-refractivity contribution in [2.24, 2.45) is 0 Å². The van der Waals surface area contributed by atoms with E-state index in [0.29, 0.717) is 12.8 Å². The average molecular weight is 759 g/mol. The number of unbranched alkanes of at least 4 members (excludes halogenated alkanes) is 18. The molecule has 0 aliphatic rings. The van der Waals surface area contributed by atoms with E-state index in [1.165, 1.54) is 64.2 Å². The zero-order valence-corrected chi connectivity index (χ0v) is 33.7. The number of phosphoric ester groups is 1. The molecule has 0 rings (SSSR count). The van der Waals surface area contributed by atoms with E-state index in [1.807, 2.05) is 0 Å². The van der Waals surface area contributed by atoms with Crippen LogP contribution in [0, 0.1) is 0 Å². The van der Waals surface area contributed by atoms with Crippen LogP contribution < -0.4 is 0 Å². The predicted molar refractivity (Wildman–Crippen MR) is 210 cm³/mol. The Morgan fingerprint density at radius 3 is 1.60 bits per heavy atom.